The van der Waals surface area contributed by atoms with Crippen LogP contribution in [0.25, 0.3) is 0 Å². The molecular formula is C11H14N2O2S. The molecule has 16 heavy (non-hydrogen) atoms. The molecule has 1 unspecified atom stereocenters. The SMILES string of the molecule is O=C(Nc1nc(C2CC2)cs1)C1CCOC1. The maximum atomic E-state index is 11.8. The van der Waals surface area contributed by atoms with E-state index >= 15 is 0 Å². The van der Waals surface area contributed by atoms with E-state index in [1.807, 2.05) is 0 Å². The molecule has 1 atom stereocenters. The molecule has 1 aromatic heterocycles. The largest absolute Gasteiger partial charge is 0.381 e. The average molecular weight is 238 g/mol. The number of nitrogens with zero attached hydrogens (tertiary/aromatic N) is 1. The van der Waals surface area contributed by atoms with Crippen LogP contribution in [-0.2, 0) is 9.53 Å². The van der Waals surface area contributed by atoms with Crippen molar-refractivity contribution in [2.24, 2.45) is 5.92 Å². The fourth-order valence-corrected chi connectivity index (χ4v) is 2.65. The summed E-state index contributed by atoms with van der Waals surface area (Å²) in [6.45, 7) is 1.25. The van der Waals surface area contributed by atoms with Crippen molar-refractivity contribution < 1.29 is 9.53 Å². The van der Waals surface area contributed by atoms with Gasteiger partial charge in [0, 0.05) is 17.9 Å². The highest BCUT2D eigenvalue weighted by molar-refractivity contribution is 7.13. The standard InChI is InChI=1S/C11H14N2O2S/c14-10(8-3-4-15-5-8)13-11-12-9(6-16-11)7-1-2-7/h6-8H,1-5H2,(H,12,13,14). The van der Waals surface area contributed by atoms with Gasteiger partial charge in [0.1, 0.15) is 0 Å². The van der Waals surface area contributed by atoms with E-state index < -0.39 is 0 Å². The summed E-state index contributed by atoms with van der Waals surface area (Å²) < 4.78 is 5.19. The minimum atomic E-state index is 0.00766. The maximum absolute atomic E-state index is 11.8. The number of aromatic nitrogens is 1. The first-order valence-corrected chi connectivity index (χ1v) is 6.55. The van der Waals surface area contributed by atoms with Crippen LogP contribution in [0.5, 0.6) is 0 Å². The topological polar surface area (TPSA) is 51.2 Å². The lowest BCUT2D eigenvalue weighted by atomic mass is 10.1. The van der Waals surface area contributed by atoms with E-state index in [0.29, 0.717) is 19.1 Å². The number of hydrogen-bond donors (Lipinski definition) is 1. The second-order valence-electron chi connectivity index (χ2n) is 4.40. The molecule has 2 aliphatic rings. The van der Waals surface area contributed by atoms with Gasteiger partial charge in [-0.25, -0.2) is 4.98 Å². The number of rotatable bonds is 3. The Balaban J connectivity index is 1.61. The lowest BCUT2D eigenvalue weighted by Crippen LogP contribution is -2.22. The van der Waals surface area contributed by atoms with Crippen molar-refractivity contribution in [3.8, 4) is 0 Å². The predicted octanol–water partition coefficient (Wildman–Crippen LogP) is 2.00. The van der Waals surface area contributed by atoms with Crippen LogP contribution in [0.4, 0.5) is 5.13 Å². The Bertz CT molecular complexity index is 394. The molecule has 1 saturated carbocycles. The Morgan fingerprint density at radius 3 is 3.06 bits per heavy atom. The molecule has 0 spiro atoms. The Morgan fingerprint density at radius 1 is 1.50 bits per heavy atom. The molecule has 1 N–H and O–H groups in total. The first kappa shape index (κ1) is 10.2. The molecule has 1 aliphatic carbocycles. The molecule has 0 aromatic carbocycles. The van der Waals surface area contributed by atoms with E-state index in [1.165, 1.54) is 24.2 Å². The van der Waals surface area contributed by atoms with E-state index in [0.717, 1.165) is 17.2 Å². The summed E-state index contributed by atoms with van der Waals surface area (Å²) in [6.07, 6.45) is 3.31. The Morgan fingerprint density at radius 2 is 2.38 bits per heavy atom. The fourth-order valence-electron chi connectivity index (χ4n) is 1.86. The zero-order valence-corrected chi connectivity index (χ0v) is 9.76. The van der Waals surface area contributed by atoms with Crippen molar-refractivity contribution in [3.05, 3.63) is 11.1 Å². The van der Waals surface area contributed by atoms with E-state index in [2.05, 4.69) is 15.7 Å². The Hall–Kier alpha value is -0.940. The predicted molar refractivity (Wildman–Crippen MR) is 61.6 cm³/mol. The van der Waals surface area contributed by atoms with E-state index in [9.17, 15) is 4.79 Å². The molecule has 0 bridgehead atoms. The Kier molecular flexibility index (Phi) is 2.65. The van der Waals surface area contributed by atoms with Gasteiger partial charge in [-0.3, -0.25) is 4.79 Å². The number of nitrogens with one attached hydrogen (secondary N) is 1. The third-order valence-electron chi connectivity index (χ3n) is 3.05. The third kappa shape index (κ3) is 2.10. The zero-order valence-electron chi connectivity index (χ0n) is 8.94. The van der Waals surface area contributed by atoms with Crippen LogP contribution in [0, 0.1) is 5.92 Å². The van der Waals surface area contributed by atoms with Gasteiger partial charge in [0.15, 0.2) is 5.13 Å². The van der Waals surface area contributed by atoms with Crippen molar-refractivity contribution in [1.29, 1.82) is 0 Å². The highest BCUT2D eigenvalue weighted by Crippen LogP contribution is 2.40. The number of carbonyl (C=O) groups is 1. The summed E-state index contributed by atoms with van der Waals surface area (Å²) in [6, 6.07) is 0. The second-order valence-corrected chi connectivity index (χ2v) is 5.26. The van der Waals surface area contributed by atoms with Crippen molar-refractivity contribution in [3.63, 3.8) is 0 Å². The lowest BCUT2D eigenvalue weighted by molar-refractivity contribution is -0.119. The molecule has 4 nitrogen and oxygen atoms in total. The monoisotopic (exact) mass is 238 g/mol. The van der Waals surface area contributed by atoms with E-state index in [1.54, 1.807) is 0 Å². The van der Waals surface area contributed by atoms with Crippen molar-refractivity contribution in [1.82, 2.24) is 4.98 Å². The normalized spacial score (nSPS) is 24.6. The second kappa shape index (κ2) is 4.14. The summed E-state index contributed by atoms with van der Waals surface area (Å²) in [7, 11) is 0. The van der Waals surface area contributed by atoms with E-state index in [4.69, 9.17) is 4.74 Å². The van der Waals surface area contributed by atoms with Crippen LogP contribution < -0.4 is 5.32 Å². The maximum Gasteiger partial charge on any atom is 0.231 e. The minimum absolute atomic E-state index is 0.00766. The van der Waals surface area contributed by atoms with Gasteiger partial charge in [-0.2, -0.15) is 0 Å². The smallest absolute Gasteiger partial charge is 0.231 e. The minimum Gasteiger partial charge on any atom is -0.381 e. The fraction of sp³-hybridized carbons (Fsp3) is 0.636. The van der Waals surface area contributed by atoms with Gasteiger partial charge in [-0.1, -0.05) is 0 Å². The van der Waals surface area contributed by atoms with Crippen LogP contribution in [0.1, 0.15) is 30.9 Å². The molecule has 86 valence electrons. The highest BCUT2D eigenvalue weighted by atomic mass is 32.1. The van der Waals surface area contributed by atoms with Crippen LogP contribution >= 0.6 is 11.3 Å². The van der Waals surface area contributed by atoms with Crippen LogP contribution in [-0.4, -0.2) is 24.1 Å². The number of anilines is 1. The van der Waals surface area contributed by atoms with Gasteiger partial charge in [0.25, 0.3) is 0 Å². The number of thiazole rings is 1. The van der Waals surface area contributed by atoms with Crippen LogP contribution in [0.2, 0.25) is 0 Å². The summed E-state index contributed by atoms with van der Waals surface area (Å²) in [5.41, 5.74) is 1.14. The van der Waals surface area contributed by atoms with Crippen molar-refractivity contribution in [2.45, 2.75) is 25.2 Å². The zero-order chi connectivity index (χ0) is 11.0. The van der Waals surface area contributed by atoms with Gasteiger partial charge in [-0.15, -0.1) is 11.3 Å². The molecule has 1 amide bonds. The number of hydrogen-bond acceptors (Lipinski definition) is 4. The molecule has 3 rings (SSSR count). The van der Waals surface area contributed by atoms with Gasteiger partial charge < -0.3 is 10.1 Å². The first-order valence-electron chi connectivity index (χ1n) is 5.67. The molecule has 1 aliphatic heterocycles. The Labute approximate surface area is 98.0 Å². The number of amides is 1. The van der Waals surface area contributed by atoms with Crippen LogP contribution in [0.15, 0.2) is 5.38 Å². The number of ether oxygens (including phenoxy) is 1. The average Bonchev–Trinajstić information content (AvgIpc) is 2.82. The van der Waals surface area contributed by atoms with Gasteiger partial charge >= 0.3 is 0 Å². The molecule has 1 aromatic rings. The lowest BCUT2D eigenvalue weighted by Gasteiger charge is -2.05. The molecular weight excluding hydrogens is 224 g/mol. The molecule has 0 radical (unpaired) electrons. The van der Waals surface area contributed by atoms with Crippen molar-refractivity contribution in [2.75, 3.05) is 18.5 Å². The number of carbonyl (C=O) groups excluding carboxylic acids is 1. The molecule has 5 heteroatoms. The van der Waals surface area contributed by atoms with Crippen molar-refractivity contribution >= 4 is 22.4 Å². The van der Waals surface area contributed by atoms with Crippen LogP contribution in [0.3, 0.4) is 0 Å². The van der Waals surface area contributed by atoms with E-state index in [-0.39, 0.29) is 11.8 Å². The quantitative estimate of drug-likeness (QED) is 0.876. The molecule has 2 fully saturated rings. The first-order chi connectivity index (χ1) is 7.83. The van der Waals surface area contributed by atoms with Gasteiger partial charge in [0.2, 0.25) is 5.91 Å². The summed E-state index contributed by atoms with van der Waals surface area (Å²) >= 11 is 1.52. The molecule has 1 saturated heterocycles. The molecule has 2 heterocycles. The summed E-state index contributed by atoms with van der Waals surface area (Å²) in [4.78, 5) is 16.2. The third-order valence-corrected chi connectivity index (χ3v) is 3.82. The van der Waals surface area contributed by atoms with Gasteiger partial charge in [0.05, 0.1) is 18.2 Å². The highest BCUT2D eigenvalue weighted by Gasteiger charge is 2.27. The van der Waals surface area contributed by atoms with Gasteiger partial charge in [-0.05, 0) is 19.3 Å². The summed E-state index contributed by atoms with van der Waals surface area (Å²) in [5, 5.41) is 5.66. The summed E-state index contributed by atoms with van der Waals surface area (Å²) in [5.74, 6) is 0.708.